The third-order valence-electron chi connectivity index (χ3n) is 2.99. The smallest absolute Gasteiger partial charge is 0.0442 e. The molecule has 0 N–H and O–H groups in total. The number of anilines is 1. The van der Waals surface area contributed by atoms with Crippen LogP contribution in [0.3, 0.4) is 0 Å². The van der Waals surface area contributed by atoms with Gasteiger partial charge in [-0.3, -0.25) is 0 Å². The van der Waals surface area contributed by atoms with E-state index in [2.05, 4.69) is 43.6 Å². The van der Waals surface area contributed by atoms with Gasteiger partial charge in [-0.1, -0.05) is 18.7 Å². The topological polar surface area (TPSA) is 3.24 Å². The Balaban J connectivity index is 2.59. The van der Waals surface area contributed by atoms with Gasteiger partial charge in [-0.2, -0.15) is 0 Å². The Morgan fingerprint density at radius 2 is 2.14 bits per heavy atom. The van der Waals surface area contributed by atoms with E-state index >= 15 is 0 Å². The van der Waals surface area contributed by atoms with Crippen LogP contribution in [0.1, 0.15) is 24.0 Å². The molecule has 0 unspecified atom stereocenters. The zero-order valence-corrected chi connectivity index (χ0v) is 9.01. The third-order valence-corrected chi connectivity index (χ3v) is 2.99. The third kappa shape index (κ3) is 1.43. The van der Waals surface area contributed by atoms with Crippen LogP contribution in [-0.2, 0) is 0 Å². The molecule has 1 nitrogen and oxygen atoms in total. The molecule has 0 atom stereocenters. The Morgan fingerprint density at radius 1 is 1.36 bits per heavy atom. The maximum atomic E-state index is 4.18. The molecule has 0 aliphatic carbocycles. The molecule has 0 aromatic heterocycles. The fourth-order valence-corrected chi connectivity index (χ4v) is 2.21. The summed E-state index contributed by atoms with van der Waals surface area (Å²) in [5.41, 5.74) is 5.35. The summed E-state index contributed by atoms with van der Waals surface area (Å²) >= 11 is 0. The van der Waals surface area contributed by atoms with Crippen molar-refractivity contribution in [1.82, 2.24) is 0 Å². The first kappa shape index (κ1) is 9.32. The van der Waals surface area contributed by atoms with Gasteiger partial charge in [0.05, 0.1) is 0 Å². The molecule has 1 aromatic rings. The van der Waals surface area contributed by atoms with Gasteiger partial charge in [-0.05, 0) is 37.0 Å². The van der Waals surface area contributed by atoms with Gasteiger partial charge in [0, 0.05) is 24.8 Å². The van der Waals surface area contributed by atoms with Crippen LogP contribution in [0.2, 0.25) is 0 Å². The fraction of sp³-hybridized carbons (Fsp3) is 0.385. The van der Waals surface area contributed by atoms with Crippen molar-refractivity contribution in [2.24, 2.45) is 0 Å². The van der Waals surface area contributed by atoms with Gasteiger partial charge in [0.15, 0.2) is 0 Å². The van der Waals surface area contributed by atoms with Crippen LogP contribution >= 0.6 is 0 Å². The summed E-state index contributed by atoms with van der Waals surface area (Å²) in [5, 5.41) is 0. The summed E-state index contributed by atoms with van der Waals surface area (Å²) in [6.07, 6.45) is 2.34. The number of nitrogens with zero attached hydrogens (tertiary/aromatic N) is 1. The van der Waals surface area contributed by atoms with E-state index in [4.69, 9.17) is 0 Å². The lowest BCUT2D eigenvalue weighted by Crippen LogP contribution is -2.17. The molecular weight excluding hydrogens is 170 g/mol. The van der Waals surface area contributed by atoms with Crippen LogP contribution < -0.4 is 4.90 Å². The molecule has 1 aliphatic rings. The SMILES string of the molecule is C=C1CCCN(C)c2cccc(C)c21. The van der Waals surface area contributed by atoms with Crippen LogP contribution in [-0.4, -0.2) is 13.6 Å². The molecule has 0 fully saturated rings. The largest absolute Gasteiger partial charge is 0.374 e. The Hall–Kier alpha value is -1.24. The summed E-state index contributed by atoms with van der Waals surface area (Å²) in [7, 11) is 2.16. The highest BCUT2D eigenvalue weighted by atomic mass is 15.1. The van der Waals surface area contributed by atoms with E-state index in [1.165, 1.54) is 28.8 Å². The van der Waals surface area contributed by atoms with Crippen molar-refractivity contribution in [2.45, 2.75) is 19.8 Å². The zero-order valence-electron chi connectivity index (χ0n) is 9.01. The predicted octanol–water partition coefficient (Wildman–Crippen LogP) is 3.24. The minimum absolute atomic E-state index is 1.13. The van der Waals surface area contributed by atoms with E-state index in [-0.39, 0.29) is 0 Å². The molecule has 0 amide bonds. The summed E-state index contributed by atoms with van der Waals surface area (Å²) < 4.78 is 0. The van der Waals surface area contributed by atoms with Gasteiger partial charge in [0.1, 0.15) is 0 Å². The van der Waals surface area contributed by atoms with E-state index < -0.39 is 0 Å². The van der Waals surface area contributed by atoms with Crippen molar-refractivity contribution >= 4 is 11.3 Å². The van der Waals surface area contributed by atoms with Crippen molar-refractivity contribution in [3.8, 4) is 0 Å². The average Bonchev–Trinajstić information content (AvgIpc) is 2.29. The minimum atomic E-state index is 1.13. The Labute approximate surface area is 86.1 Å². The second-order valence-corrected chi connectivity index (χ2v) is 4.10. The number of hydrogen-bond donors (Lipinski definition) is 0. The number of hydrogen-bond acceptors (Lipinski definition) is 1. The quantitative estimate of drug-likeness (QED) is 0.602. The van der Waals surface area contributed by atoms with E-state index in [0.717, 1.165) is 13.0 Å². The molecule has 14 heavy (non-hydrogen) atoms. The van der Waals surface area contributed by atoms with Gasteiger partial charge in [0.2, 0.25) is 0 Å². The second-order valence-electron chi connectivity index (χ2n) is 4.10. The minimum Gasteiger partial charge on any atom is -0.374 e. The number of rotatable bonds is 0. The number of aryl methyl sites for hydroxylation is 1. The molecule has 1 heterocycles. The predicted molar refractivity (Wildman–Crippen MR) is 62.7 cm³/mol. The Morgan fingerprint density at radius 3 is 2.93 bits per heavy atom. The van der Waals surface area contributed by atoms with Crippen molar-refractivity contribution in [2.75, 3.05) is 18.5 Å². The van der Waals surface area contributed by atoms with E-state index in [9.17, 15) is 0 Å². The molecule has 1 aliphatic heterocycles. The summed E-state index contributed by atoms with van der Waals surface area (Å²) in [5.74, 6) is 0. The molecule has 0 radical (unpaired) electrons. The first-order valence-electron chi connectivity index (χ1n) is 5.19. The molecule has 1 aromatic carbocycles. The lowest BCUT2D eigenvalue weighted by atomic mass is 9.98. The van der Waals surface area contributed by atoms with E-state index in [0.29, 0.717) is 0 Å². The zero-order chi connectivity index (χ0) is 10.1. The maximum absolute atomic E-state index is 4.18. The van der Waals surface area contributed by atoms with Crippen molar-refractivity contribution in [1.29, 1.82) is 0 Å². The molecule has 1 heteroatoms. The highest BCUT2D eigenvalue weighted by Gasteiger charge is 2.15. The maximum Gasteiger partial charge on any atom is 0.0442 e. The van der Waals surface area contributed by atoms with Crippen LogP contribution in [0.4, 0.5) is 5.69 Å². The van der Waals surface area contributed by atoms with E-state index in [1.54, 1.807) is 0 Å². The monoisotopic (exact) mass is 187 g/mol. The molecule has 0 saturated heterocycles. The van der Waals surface area contributed by atoms with Crippen molar-refractivity contribution < 1.29 is 0 Å². The van der Waals surface area contributed by atoms with Gasteiger partial charge in [-0.15, -0.1) is 0 Å². The molecular formula is C13H17N. The molecule has 74 valence electrons. The lowest BCUT2D eigenvalue weighted by Gasteiger charge is -2.20. The first-order chi connectivity index (χ1) is 6.70. The normalized spacial score (nSPS) is 16.4. The highest BCUT2D eigenvalue weighted by Crippen LogP contribution is 2.33. The Kier molecular flexibility index (Phi) is 2.32. The summed E-state index contributed by atoms with van der Waals surface area (Å²) in [6, 6.07) is 6.49. The van der Waals surface area contributed by atoms with Gasteiger partial charge >= 0.3 is 0 Å². The van der Waals surface area contributed by atoms with Crippen LogP contribution in [0.5, 0.6) is 0 Å². The highest BCUT2D eigenvalue weighted by molar-refractivity contribution is 5.78. The molecule has 0 spiro atoms. The summed E-state index contributed by atoms with van der Waals surface area (Å²) in [4.78, 5) is 2.33. The summed E-state index contributed by atoms with van der Waals surface area (Å²) in [6.45, 7) is 7.49. The van der Waals surface area contributed by atoms with Crippen molar-refractivity contribution in [3.63, 3.8) is 0 Å². The second kappa shape index (κ2) is 3.49. The molecule has 0 bridgehead atoms. The average molecular weight is 187 g/mol. The van der Waals surface area contributed by atoms with Crippen LogP contribution in [0, 0.1) is 6.92 Å². The number of fused-ring (bicyclic) bond motifs is 1. The van der Waals surface area contributed by atoms with Gasteiger partial charge in [0.25, 0.3) is 0 Å². The molecule has 0 saturated carbocycles. The number of benzene rings is 1. The molecule has 2 rings (SSSR count). The Bertz CT molecular complexity index is 365. The fourth-order valence-electron chi connectivity index (χ4n) is 2.21. The van der Waals surface area contributed by atoms with Crippen molar-refractivity contribution in [3.05, 3.63) is 35.9 Å². The van der Waals surface area contributed by atoms with Crippen LogP contribution in [0.15, 0.2) is 24.8 Å². The lowest BCUT2D eigenvalue weighted by molar-refractivity contribution is 0.825. The van der Waals surface area contributed by atoms with Gasteiger partial charge < -0.3 is 4.90 Å². The number of allylic oxidation sites excluding steroid dienone is 1. The van der Waals surface area contributed by atoms with Gasteiger partial charge in [-0.25, -0.2) is 0 Å². The first-order valence-corrected chi connectivity index (χ1v) is 5.19. The van der Waals surface area contributed by atoms with E-state index in [1.807, 2.05) is 0 Å². The van der Waals surface area contributed by atoms with Crippen LogP contribution in [0.25, 0.3) is 5.57 Å². The standard InChI is InChI=1S/C13H17N/c1-10-6-4-8-12-13(10)11(2)7-5-9-14(12)3/h4,6,8H,2,5,7,9H2,1,3H3.